The molecular weight excluding hydrogens is 462 g/mol. The van der Waals surface area contributed by atoms with Gasteiger partial charge in [-0.3, -0.25) is 9.36 Å². The SMILES string of the molecule is O=c1c2sccc2n2c(=O)n(Cc3c(F)cccc3Cl)nc2n1Cc1ccc(Cl)cc1. The molecule has 0 amide bonds. The third-order valence-corrected chi connectivity index (χ3v) is 6.51. The average molecular weight is 475 g/mol. The lowest BCUT2D eigenvalue weighted by atomic mass is 10.2. The Balaban J connectivity index is 1.74. The number of thiophene rings is 1. The standard InChI is InChI=1S/C21H13Cl2FN4O2S/c22-13-6-4-12(5-7-13)10-26-19(29)18-17(8-9-31-18)28-20(26)25-27(21(28)30)11-14-15(23)2-1-3-16(14)24/h1-9H,10-11H2. The highest BCUT2D eigenvalue weighted by Gasteiger charge is 2.20. The fourth-order valence-electron chi connectivity index (χ4n) is 3.48. The summed E-state index contributed by atoms with van der Waals surface area (Å²) in [6.45, 7) is 0.0387. The van der Waals surface area contributed by atoms with Crippen LogP contribution in [0.1, 0.15) is 11.1 Å². The summed E-state index contributed by atoms with van der Waals surface area (Å²) >= 11 is 13.3. The first-order valence-corrected chi connectivity index (χ1v) is 10.8. The van der Waals surface area contributed by atoms with Gasteiger partial charge in [-0.1, -0.05) is 41.4 Å². The third-order valence-electron chi connectivity index (χ3n) is 5.01. The molecule has 0 atom stereocenters. The Labute approximate surface area is 188 Å². The summed E-state index contributed by atoms with van der Waals surface area (Å²) in [5.74, 6) is -0.362. The van der Waals surface area contributed by atoms with Crippen molar-refractivity contribution in [3.63, 3.8) is 0 Å². The molecule has 5 rings (SSSR count). The summed E-state index contributed by atoms with van der Waals surface area (Å²) in [6.07, 6.45) is 0. The van der Waals surface area contributed by atoms with Crippen molar-refractivity contribution < 1.29 is 4.39 Å². The second-order valence-electron chi connectivity index (χ2n) is 6.93. The molecule has 31 heavy (non-hydrogen) atoms. The van der Waals surface area contributed by atoms with E-state index in [0.29, 0.717) is 15.2 Å². The molecule has 156 valence electrons. The summed E-state index contributed by atoms with van der Waals surface area (Å²) in [6, 6.07) is 13.1. The van der Waals surface area contributed by atoms with Crippen LogP contribution in [0.3, 0.4) is 0 Å². The molecule has 0 bridgehead atoms. The van der Waals surface area contributed by atoms with Crippen LogP contribution in [0.5, 0.6) is 0 Å². The van der Waals surface area contributed by atoms with Crippen LogP contribution in [0.15, 0.2) is 63.5 Å². The van der Waals surface area contributed by atoms with Crippen LogP contribution in [0.2, 0.25) is 10.0 Å². The van der Waals surface area contributed by atoms with Gasteiger partial charge >= 0.3 is 5.69 Å². The van der Waals surface area contributed by atoms with E-state index < -0.39 is 11.5 Å². The zero-order valence-electron chi connectivity index (χ0n) is 15.8. The molecular formula is C21H13Cl2FN4O2S. The summed E-state index contributed by atoms with van der Waals surface area (Å²) < 4.78 is 18.7. The maximum atomic E-state index is 14.3. The molecule has 0 saturated carbocycles. The van der Waals surface area contributed by atoms with Crippen LogP contribution < -0.4 is 11.2 Å². The molecule has 3 aromatic heterocycles. The molecule has 0 N–H and O–H groups in total. The van der Waals surface area contributed by atoms with E-state index in [1.165, 1.54) is 32.4 Å². The number of rotatable bonds is 4. The van der Waals surface area contributed by atoms with Gasteiger partial charge in [-0.2, -0.15) is 0 Å². The molecule has 6 nitrogen and oxygen atoms in total. The molecule has 0 aliphatic heterocycles. The summed E-state index contributed by atoms with van der Waals surface area (Å²) in [5.41, 5.74) is 0.704. The van der Waals surface area contributed by atoms with E-state index in [2.05, 4.69) is 5.10 Å². The van der Waals surface area contributed by atoms with E-state index in [0.717, 1.165) is 10.2 Å². The minimum Gasteiger partial charge on any atom is -0.271 e. The number of benzene rings is 2. The van der Waals surface area contributed by atoms with Crippen molar-refractivity contribution in [3.05, 3.63) is 102 Å². The van der Waals surface area contributed by atoms with Crippen LogP contribution in [-0.4, -0.2) is 18.7 Å². The van der Waals surface area contributed by atoms with Gasteiger partial charge in [-0.15, -0.1) is 16.4 Å². The van der Waals surface area contributed by atoms with Crippen molar-refractivity contribution in [1.82, 2.24) is 18.7 Å². The quantitative estimate of drug-likeness (QED) is 0.387. The van der Waals surface area contributed by atoms with E-state index in [9.17, 15) is 14.0 Å². The number of nitrogens with zero attached hydrogens (tertiary/aromatic N) is 4. The normalized spacial score (nSPS) is 11.6. The van der Waals surface area contributed by atoms with Gasteiger partial charge in [-0.25, -0.2) is 18.3 Å². The number of hydrogen-bond donors (Lipinski definition) is 0. The van der Waals surface area contributed by atoms with E-state index in [1.54, 1.807) is 41.8 Å². The number of halogens is 3. The Morgan fingerprint density at radius 1 is 1.00 bits per heavy atom. The average Bonchev–Trinajstić information content (AvgIpc) is 3.35. The van der Waals surface area contributed by atoms with Crippen LogP contribution in [0.4, 0.5) is 4.39 Å². The highest BCUT2D eigenvalue weighted by Crippen LogP contribution is 2.21. The van der Waals surface area contributed by atoms with Gasteiger partial charge in [-0.05, 0) is 41.3 Å². The lowest BCUT2D eigenvalue weighted by Gasteiger charge is -2.08. The maximum Gasteiger partial charge on any atom is 0.352 e. The zero-order valence-corrected chi connectivity index (χ0v) is 18.1. The first-order valence-electron chi connectivity index (χ1n) is 9.21. The van der Waals surface area contributed by atoms with Crippen molar-refractivity contribution in [3.8, 4) is 0 Å². The topological polar surface area (TPSA) is 61.3 Å². The van der Waals surface area contributed by atoms with Gasteiger partial charge in [0.15, 0.2) is 0 Å². The first-order chi connectivity index (χ1) is 14.9. The smallest absolute Gasteiger partial charge is 0.271 e. The summed E-state index contributed by atoms with van der Waals surface area (Å²) in [7, 11) is 0. The Morgan fingerprint density at radius 3 is 2.52 bits per heavy atom. The summed E-state index contributed by atoms with van der Waals surface area (Å²) in [5, 5.41) is 6.90. The monoisotopic (exact) mass is 474 g/mol. The second-order valence-corrected chi connectivity index (χ2v) is 8.69. The molecule has 5 aromatic rings. The molecule has 0 aliphatic carbocycles. The minimum atomic E-state index is -0.532. The lowest BCUT2D eigenvalue weighted by Crippen LogP contribution is -2.26. The molecule has 0 radical (unpaired) electrons. The highest BCUT2D eigenvalue weighted by atomic mass is 35.5. The van der Waals surface area contributed by atoms with Gasteiger partial charge in [0.2, 0.25) is 5.78 Å². The van der Waals surface area contributed by atoms with Crippen LogP contribution >= 0.6 is 34.5 Å². The van der Waals surface area contributed by atoms with E-state index in [4.69, 9.17) is 23.2 Å². The van der Waals surface area contributed by atoms with Gasteiger partial charge in [0.1, 0.15) is 10.5 Å². The molecule has 2 aromatic carbocycles. The van der Waals surface area contributed by atoms with Crippen molar-refractivity contribution in [2.75, 3.05) is 0 Å². The Morgan fingerprint density at radius 2 is 1.77 bits per heavy atom. The zero-order chi connectivity index (χ0) is 21.7. The van der Waals surface area contributed by atoms with Crippen LogP contribution in [0.25, 0.3) is 16.0 Å². The predicted molar refractivity (Wildman–Crippen MR) is 120 cm³/mol. The second kappa shape index (κ2) is 7.64. The first kappa shape index (κ1) is 20.0. The van der Waals surface area contributed by atoms with Crippen LogP contribution in [0, 0.1) is 5.82 Å². The van der Waals surface area contributed by atoms with Crippen LogP contribution in [-0.2, 0) is 13.1 Å². The van der Waals surface area contributed by atoms with Crippen molar-refractivity contribution in [1.29, 1.82) is 0 Å². The fraction of sp³-hybridized carbons (Fsp3) is 0.0952. The summed E-state index contributed by atoms with van der Waals surface area (Å²) in [4.78, 5) is 26.4. The van der Waals surface area contributed by atoms with Gasteiger partial charge in [0.05, 0.1) is 18.6 Å². The minimum absolute atomic E-state index is 0.155. The van der Waals surface area contributed by atoms with E-state index in [1.807, 2.05) is 0 Å². The molecule has 0 fully saturated rings. The molecule has 3 heterocycles. The Bertz CT molecular complexity index is 1550. The third kappa shape index (κ3) is 3.37. The predicted octanol–water partition coefficient (Wildman–Crippen LogP) is 4.41. The van der Waals surface area contributed by atoms with E-state index >= 15 is 0 Å². The highest BCUT2D eigenvalue weighted by molar-refractivity contribution is 7.17. The molecule has 0 unspecified atom stereocenters. The lowest BCUT2D eigenvalue weighted by molar-refractivity contribution is 0.578. The molecule has 0 aliphatic rings. The molecule has 0 spiro atoms. The maximum absolute atomic E-state index is 14.3. The van der Waals surface area contributed by atoms with Crippen molar-refractivity contribution in [2.24, 2.45) is 0 Å². The fourth-order valence-corrected chi connectivity index (χ4v) is 4.66. The largest absolute Gasteiger partial charge is 0.352 e. The van der Waals surface area contributed by atoms with Gasteiger partial charge in [0, 0.05) is 15.6 Å². The Hall–Kier alpha value is -2.94. The van der Waals surface area contributed by atoms with E-state index in [-0.39, 0.29) is 35.0 Å². The van der Waals surface area contributed by atoms with Gasteiger partial charge in [0.25, 0.3) is 5.56 Å². The number of fused-ring (bicyclic) bond motifs is 3. The number of aromatic nitrogens is 4. The van der Waals surface area contributed by atoms with Gasteiger partial charge < -0.3 is 0 Å². The number of hydrogen-bond acceptors (Lipinski definition) is 4. The molecule has 10 heteroatoms. The molecule has 0 saturated heterocycles. The Kier molecular flexibility index (Phi) is 4.92. The van der Waals surface area contributed by atoms with Crippen molar-refractivity contribution >= 4 is 50.5 Å². The van der Waals surface area contributed by atoms with Crippen molar-refractivity contribution in [2.45, 2.75) is 13.1 Å².